The maximum absolute atomic E-state index is 11.3. The Morgan fingerprint density at radius 2 is 2.17 bits per heavy atom. The zero-order valence-corrected chi connectivity index (χ0v) is 11.3. The highest BCUT2D eigenvalue weighted by Gasteiger charge is 2.15. The van der Waals surface area contributed by atoms with Gasteiger partial charge in [-0.25, -0.2) is 13.4 Å². The third-order valence-corrected chi connectivity index (χ3v) is 3.35. The third kappa shape index (κ3) is 3.69. The molecule has 0 aromatic carbocycles. The van der Waals surface area contributed by atoms with E-state index in [1.165, 1.54) is 12.3 Å². The first kappa shape index (κ1) is 14.4. The molecule has 0 fully saturated rings. The molecular weight excluding hydrogens is 254 g/mol. The standard InChI is InChI=1S/C11H17N3O3S/c1-3-4-5-13-9-7-14-10(18(2,16)17)6-8(9)11(12)15/h6-7,13H,3-5H2,1-2H3,(H2,12,15). The van der Waals surface area contributed by atoms with E-state index in [4.69, 9.17) is 5.73 Å². The van der Waals surface area contributed by atoms with Gasteiger partial charge in [0.25, 0.3) is 5.91 Å². The largest absolute Gasteiger partial charge is 0.383 e. The number of amides is 1. The monoisotopic (exact) mass is 271 g/mol. The van der Waals surface area contributed by atoms with Crippen LogP contribution in [0.15, 0.2) is 17.3 Å². The second kappa shape index (κ2) is 5.81. The first-order chi connectivity index (χ1) is 8.36. The number of nitrogens with two attached hydrogens (primary N) is 1. The molecule has 6 nitrogen and oxygen atoms in total. The summed E-state index contributed by atoms with van der Waals surface area (Å²) in [7, 11) is -3.45. The molecule has 100 valence electrons. The Morgan fingerprint density at radius 3 is 2.67 bits per heavy atom. The Morgan fingerprint density at radius 1 is 1.50 bits per heavy atom. The van der Waals surface area contributed by atoms with Crippen molar-refractivity contribution >= 4 is 21.4 Å². The van der Waals surface area contributed by atoms with E-state index in [2.05, 4.69) is 10.3 Å². The van der Waals surface area contributed by atoms with Gasteiger partial charge >= 0.3 is 0 Å². The van der Waals surface area contributed by atoms with E-state index < -0.39 is 15.7 Å². The fraction of sp³-hybridized carbons (Fsp3) is 0.455. The van der Waals surface area contributed by atoms with Crippen LogP contribution in [0.3, 0.4) is 0 Å². The average Bonchev–Trinajstić information content (AvgIpc) is 2.28. The van der Waals surface area contributed by atoms with E-state index in [0.717, 1.165) is 19.1 Å². The van der Waals surface area contributed by atoms with Crippen LogP contribution in [0.5, 0.6) is 0 Å². The zero-order valence-electron chi connectivity index (χ0n) is 10.4. The molecule has 0 atom stereocenters. The van der Waals surface area contributed by atoms with Crippen molar-refractivity contribution in [2.75, 3.05) is 18.1 Å². The van der Waals surface area contributed by atoms with Crippen LogP contribution in [0.1, 0.15) is 30.1 Å². The van der Waals surface area contributed by atoms with Gasteiger partial charge in [-0.05, 0) is 12.5 Å². The number of hydrogen-bond donors (Lipinski definition) is 2. The molecule has 1 heterocycles. The minimum absolute atomic E-state index is 0.140. The summed E-state index contributed by atoms with van der Waals surface area (Å²) in [6.07, 6.45) is 4.30. The maximum Gasteiger partial charge on any atom is 0.250 e. The highest BCUT2D eigenvalue weighted by Crippen LogP contribution is 2.17. The fourth-order valence-corrected chi connectivity index (χ4v) is 1.96. The van der Waals surface area contributed by atoms with Crippen LogP contribution in [0, 0.1) is 0 Å². The molecular formula is C11H17N3O3S. The minimum atomic E-state index is -3.45. The van der Waals surface area contributed by atoms with Crippen molar-refractivity contribution in [1.29, 1.82) is 0 Å². The summed E-state index contributed by atoms with van der Waals surface area (Å²) < 4.78 is 22.7. The number of nitrogens with one attached hydrogen (secondary N) is 1. The lowest BCUT2D eigenvalue weighted by Crippen LogP contribution is -2.16. The number of aromatic nitrogens is 1. The summed E-state index contributed by atoms with van der Waals surface area (Å²) in [6.45, 7) is 2.72. The van der Waals surface area contributed by atoms with Gasteiger partial charge in [-0.1, -0.05) is 13.3 Å². The summed E-state index contributed by atoms with van der Waals surface area (Å²) >= 11 is 0. The zero-order chi connectivity index (χ0) is 13.8. The molecule has 7 heteroatoms. The highest BCUT2D eigenvalue weighted by molar-refractivity contribution is 7.90. The van der Waals surface area contributed by atoms with Crippen LogP contribution < -0.4 is 11.1 Å². The van der Waals surface area contributed by atoms with E-state index in [0.29, 0.717) is 12.2 Å². The molecule has 0 bridgehead atoms. The number of carbonyl (C=O) groups is 1. The molecule has 0 unspecified atom stereocenters. The molecule has 0 aliphatic heterocycles. The number of primary amides is 1. The number of pyridine rings is 1. The van der Waals surface area contributed by atoms with Crippen LogP contribution in [0.4, 0.5) is 5.69 Å². The number of hydrogen-bond acceptors (Lipinski definition) is 5. The Kier molecular flexibility index (Phi) is 4.66. The Balaban J connectivity index is 3.09. The first-order valence-electron chi connectivity index (χ1n) is 5.60. The van der Waals surface area contributed by atoms with E-state index in [1.54, 1.807) is 0 Å². The van der Waals surface area contributed by atoms with Crippen molar-refractivity contribution in [3.05, 3.63) is 17.8 Å². The lowest BCUT2D eigenvalue weighted by atomic mass is 10.2. The van der Waals surface area contributed by atoms with Gasteiger partial charge in [0.2, 0.25) is 0 Å². The molecule has 0 spiro atoms. The van der Waals surface area contributed by atoms with E-state index in [1.807, 2.05) is 6.92 Å². The van der Waals surface area contributed by atoms with Crippen molar-refractivity contribution < 1.29 is 13.2 Å². The number of unbranched alkanes of at least 4 members (excludes halogenated alkanes) is 1. The van der Waals surface area contributed by atoms with Gasteiger partial charge in [0.1, 0.15) is 0 Å². The van der Waals surface area contributed by atoms with Crippen LogP contribution >= 0.6 is 0 Å². The number of rotatable bonds is 6. The topological polar surface area (TPSA) is 102 Å². The van der Waals surface area contributed by atoms with E-state index in [9.17, 15) is 13.2 Å². The lowest BCUT2D eigenvalue weighted by Gasteiger charge is -2.10. The molecule has 1 aromatic heterocycles. The average molecular weight is 271 g/mol. The van der Waals surface area contributed by atoms with E-state index in [-0.39, 0.29) is 10.6 Å². The fourth-order valence-electron chi connectivity index (χ4n) is 1.38. The van der Waals surface area contributed by atoms with Crippen molar-refractivity contribution in [3.63, 3.8) is 0 Å². The maximum atomic E-state index is 11.3. The molecule has 1 amide bonds. The van der Waals surface area contributed by atoms with Crippen molar-refractivity contribution in [2.24, 2.45) is 5.73 Å². The predicted molar refractivity (Wildman–Crippen MR) is 69.3 cm³/mol. The van der Waals surface area contributed by atoms with Crippen LogP contribution in [-0.4, -0.2) is 32.1 Å². The lowest BCUT2D eigenvalue weighted by molar-refractivity contribution is 0.100. The molecule has 18 heavy (non-hydrogen) atoms. The molecule has 0 radical (unpaired) electrons. The van der Waals surface area contributed by atoms with Crippen molar-refractivity contribution in [1.82, 2.24) is 4.98 Å². The quantitative estimate of drug-likeness (QED) is 0.745. The van der Waals surface area contributed by atoms with Crippen molar-refractivity contribution in [3.8, 4) is 0 Å². The Bertz CT molecular complexity index is 540. The second-order valence-corrected chi connectivity index (χ2v) is 5.95. The summed E-state index contributed by atoms with van der Waals surface area (Å²) in [5.74, 6) is -0.679. The summed E-state index contributed by atoms with van der Waals surface area (Å²) in [5, 5.41) is 2.86. The number of sulfone groups is 1. The summed E-state index contributed by atoms with van der Waals surface area (Å²) in [6, 6.07) is 1.20. The first-order valence-corrected chi connectivity index (χ1v) is 7.49. The molecule has 1 rings (SSSR count). The van der Waals surface area contributed by atoms with Crippen molar-refractivity contribution in [2.45, 2.75) is 24.8 Å². The number of nitrogens with zero attached hydrogens (tertiary/aromatic N) is 1. The van der Waals surface area contributed by atoms with Gasteiger partial charge in [-0.15, -0.1) is 0 Å². The van der Waals surface area contributed by atoms with Crippen LogP contribution in [0.25, 0.3) is 0 Å². The van der Waals surface area contributed by atoms with Gasteiger partial charge in [0.05, 0.1) is 17.4 Å². The Labute approximate surface area is 107 Å². The highest BCUT2D eigenvalue weighted by atomic mass is 32.2. The van der Waals surface area contributed by atoms with Gasteiger partial charge in [-0.3, -0.25) is 4.79 Å². The van der Waals surface area contributed by atoms with Gasteiger partial charge in [0.15, 0.2) is 14.9 Å². The smallest absolute Gasteiger partial charge is 0.250 e. The molecule has 1 aromatic rings. The second-order valence-electron chi connectivity index (χ2n) is 3.98. The minimum Gasteiger partial charge on any atom is -0.383 e. The van der Waals surface area contributed by atoms with Gasteiger partial charge in [-0.2, -0.15) is 0 Å². The van der Waals surface area contributed by atoms with Gasteiger partial charge < -0.3 is 11.1 Å². The third-order valence-electron chi connectivity index (χ3n) is 2.37. The molecule has 0 aliphatic carbocycles. The molecule has 0 aliphatic rings. The predicted octanol–water partition coefficient (Wildman–Crippen LogP) is 0.796. The normalized spacial score (nSPS) is 11.2. The van der Waals surface area contributed by atoms with Gasteiger partial charge in [0, 0.05) is 12.8 Å². The Hall–Kier alpha value is -1.63. The summed E-state index contributed by atoms with van der Waals surface area (Å²) in [4.78, 5) is 15.1. The van der Waals surface area contributed by atoms with Crippen LogP contribution in [-0.2, 0) is 9.84 Å². The molecule has 0 saturated heterocycles. The SMILES string of the molecule is CCCCNc1cnc(S(C)(=O)=O)cc1C(N)=O. The number of anilines is 1. The summed E-state index contributed by atoms with van der Waals surface area (Å²) in [5.41, 5.74) is 5.83. The molecule has 0 saturated carbocycles. The number of carbonyl (C=O) groups excluding carboxylic acids is 1. The molecule has 3 N–H and O–H groups in total. The van der Waals surface area contributed by atoms with Crippen LogP contribution in [0.2, 0.25) is 0 Å². The van der Waals surface area contributed by atoms with E-state index >= 15 is 0 Å².